The predicted octanol–water partition coefficient (Wildman–Crippen LogP) is -0.229. The normalized spacial score (nSPS) is 11.0. The van der Waals surface area contributed by atoms with Crippen LogP contribution in [0.5, 0.6) is 0 Å². The molecule has 0 radical (unpaired) electrons. The lowest BCUT2D eigenvalue weighted by atomic mass is 10.2. The second-order valence-electron chi connectivity index (χ2n) is 4.15. The van der Waals surface area contributed by atoms with Gasteiger partial charge in [0.25, 0.3) is 0 Å². The van der Waals surface area contributed by atoms with Crippen molar-refractivity contribution in [3.05, 3.63) is 0 Å². The Morgan fingerprint density at radius 2 is 2.00 bits per heavy atom. The van der Waals surface area contributed by atoms with Gasteiger partial charge in [-0.15, -0.1) is 0 Å². The first-order valence-electron chi connectivity index (χ1n) is 4.92. The summed E-state index contributed by atoms with van der Waals surface area (Å²) in [6.45, 7) is 5.21. The van der Waals surface area contributed by atoms with Crippen molar-refractivity contribution in [2.45, 2.75) is 26.4 Å². The number of nitrogens with two attached hydrogens (primary N) is 1. The first-order valence-corrected chi connectivity index (χ1v) is 4.92. The lowest BCUT2D eigenvalue weighted by Crippen LogP contribution is -2.49. The largest absolute Gasteiger partial charge is 0.480 e. The average Bonchev–Trinajstić information content (AvgIpc) is 2.08. The van der Waals surface area contributed by atoms with Crippen molar-refractivity contribution >= 4 is 12.1 Å². The summed E-state index contributed by atoms with van der Waals surface area (Å²) in [7, 11) is 0. The van der Waals surface area contributed by atoms with Crippen LogP contribution < -0.4 is 11.2 Å². The summed E-state index contributed by atoms with van der Waals surface area (Å²) in [6.07, 6.45) is -0.640. The lowest BCUT2D eigenvalue weighted by Gasteiger charge is -2.26. The molecule has 0 atom stereocenters. The van der Waals surface area contributed by atoms with Crippen molar-refractivity contribution in [3.63, 3.8) is 0 Å². The van der Waals surface area contributed by atoms with Crippen LogP contribution in [0.3, 0.4) is 0 Å². The van der Waals surface area contributed by atoms with E-state index >= 15 is 0 Å². The van der Waals surface area contributed by atoms with Gasteiger partial charge in [0, 0.05) is 6.54 Å². The second kappa shape index (κ2) is 6.29. The van der Waals surface area contributed by atoms with Crippen LogP contribution in [0.25, 0.3) is 0 Å². The zero-order valence-electron chi connectivity index (χ0n) is 9.82. The number of carboxylic acid groups (broad SMARTS) is 1. The Kier molecular flexibility index (Phi) is 5.76. The molecule has 0 aliphatic heterocycles. The fraction of sp³-hybridized carbons (Fsp3) is 0.778. The number of carbonyl (C=O) groups excluding carboxylic acids is 1. The molecule has 0 saturated heterocycles. The number of rotatable bonds is 5. The van der Waals surface area contributed by atoms with Gasteiger partial charge < -0.3 is 15.6 Å². The van der Waals surface area contributed by atoms with Crippen LogP contribution in [0.15, 0.2) is 0 Å². The maximum atomic E-state index is 11.6. The number of nitrogens with one attached hydrogen (secondary N) is 1. The molecule has 0 aromatic heterocycles. The number of hydrogen-bond donors (Lipinski definition) is 3. The Balaban J connectivity index is 4.29. The summed E-state index contributed by atoms with van der Waals surface area (Å²) in [6, 6.07) is 0. The van der Waals surface area contributed by atoms with Crippen LogP contribution in [-0.2, 0) is 9.53 Å². The van der Waals surface area contributed by atoms with Crippen molar-refractivity contribution in [1.29, 1.82) is 0 Å². The van der Waals surface area contributed by atoms with E-state index in [1.807, 2.05) is 0 Å². The van der Waals surface area contributed by atoms with Crippen LogP contribution >= 0.6 is 0 Å². The van der Waals surface area contributed by atoms with E-state index < -0.39 is 17.7 Å². The van der Waals surface area contributed by atoms with E-state index in [1.54, 1.807) is 20.8 Å². The Labute approximate surface area is 94.5 Å². The van der Waals surface area contributed by atoms with Gasteiger partial charge in [0.15, 0.2) is 0 Å². The van der Waals surface area contributed by atoms with Crippen LogP contribution in [0.1, 0.15) is 20.8 Å². The molecule has 4 N–H and O–H groups in total. The molecule has 0 bridgehead atoms. The minimum Gasteiger partial charge on any atom is -0.480 e. The van der Waals surface area contributed by atoms with Gasteiger partial charge in [-0.2, -0.15) is 0 Å². The van der Waals surface area contributed by atoms with Crippen molar-refractivity contribution in [2.75, 3.05) is 19.6 Å². The molecule has 0 fully saturated rings. The molecule has 0 saturated carbocycles. The third kappa shape index (κ3) is 7.02. The highest BCUT2D eigenvalue weighted by Crippen LogP contribution is 2.08. The van der Waals surface area contributed by atoms with Gasteiger partial charge in [0.05, 0.1) is 6.54 Å². The number of carbonyl (C=O) groups is 2. The standard InChI is InChI=1S/C9H19N3O4/c1-9(2,3)16-8(15)12(5-4-10)11-6-7(13)14/h11H,4-6,10H2,1-3H3,(H,13,14). The lowest BCUT2D eigenvalue weighted by molar-refractivity contribution is -0.136. The van der Waals surface area contributed by atoms with Crippen molar-refractivity contribution in [2.24, 2.45) is 5.73 Å². The molecule has 7 nitrogen and oxygen atoms in total. The Morgan fingerprint density at radius 1 is 1.44 bits per heavy atom. The Morgan fingerprint density at radius 3 is 2.38 bits per heavy atom. The summed E-state index contributed by atoms with van der Waals surface area (Å²) in [5.74, 6) is -1.06. The minimum atomic E-state index is -1.06. The predicted molar refractivity (Wildman–Crippen MR) is 57.6 cm³/mol. The maximum absolute atomic E-state index is 11.6. The molecular weight excluding hydrogens is 214 g/mol. The topological polar surface area (TPSA) is 105 Å². The van der Waals surface area contributed by atoms with Gasteiger partial charge in [-0.3, -0.25) is 4.79 Å². The average molecular weight is 233 g/mol. The number of carboxylic acids is 1. The first-order chi connectivity index (χ1) is 7.26. The molecule has 7 heteroatoms. The van der Waals surface area contributed by atoms with Crippen LogP contribution in [-0.4, -0.2) is 47.4 Å². The van der Waals surface area contributed by atoms with E-state index in [2.05, 4.69) is 5.43 Å². The highest BCUT2D eigenvalue weighted by Gasteiger charge is 2.21. The maximum Gasteiger partial charge on any atom is 0.424 e. The van der Waals surface area contributed by atoms with Crippen molar-refractivity contribution in [3.8, 4) is 0 Å². The molecule has 0 aromatic carbocycles. The van der Waals surface area contributed by atoms with Gasteiger partial charge in [0.1, 0.15) is 12.1 Å². The van der Waals surface area contributed by atoms with E-state index in [4.69, 9.17) is 15.6 Å². The molecule has 16 heavy (non-hydrogen) atoms. The molecule has 0 rings (SSSR count). The molecule has 0 aliphatic carbocycles. The SMILES string of the molecule is CC(C)(C)OC(=O)N(CCN)NCC(=O)O. The molecule has 0 unspecified atom stereocenters. The third-order valence-corrected chi connectivity index (χ3v) is 1.39. The van der Waals surface area contributed by atoms with Gasteiger partial charge in [0.2, 0.25) is 0 Å². The van der Waals surface area contributed by atoms with Gasteiger partial charge in [-0.1, -0.05) is 0 Å². The van der Waals surface area contributed by atoms with Crippen LogP contribution in [0, 0.1) is 0 Å². The van der Waals surface area contributed by atoms with Gasteiger partial charge in [-0.05, 0) is 20.8 Å². The number of hydrazine groups is 1. The monoisotopic (exact) mass is 233 g/mol. The highest BCUT2D eigenvalue weighted by atomic mass is 16.6. The third-order valence-electron chi connectivity index (χ3n) is 1.39. The second-order valence-corrected chi connectivity index (χ2v) is 4.15. The minimum absolute atomic E-state index is 0.183. The smallest absolute Gasteiger partial charge is 0.424 e. The fourth-order valence-electron chi connectivity index (χ4n) is 0.844. The van der Waals surface area contributed by atoms with E-state index in [1.165, 1.54) is 0 Å². The quantitative estimate of drug-likeness (QED) is 0.566. The molecule has 0 spiro atoms. The van der Waals surface area contributed by atoms with Crippen molar-refractivity contribution < 1.29 is 19.4 Å². The number of aliphatic carboxylic acids is 1. The Hall–Kier alpha value is -1.34. The van der Waals surface area contributed by atoms with E-state index in [9.17, 15) is 9.59 Å². The summed E-state index contributed by atoms with van der Waals surface area (Å²) in [4.78, 5) is 21.9. The molecule has 0 aliphatic rings. The molecule has 1 amide bonds. The summed E-state index contributed by atoms with van der Waals surface area (Å²) in [5, 5.41) is 9.53. The van der Waals surface area contributed by atoms with E-state index in [0.29, 0.717) is 0 Å². The van der Waals surface area contributed by atoms with Crippen LogP contribution in [0.4, 0.5) is 4.79 Å². The highest BCUT2D eigenvalue weighted by molar-refractivity contribution is 5.71. The van der Waals surface area contributed by atoms with E-state index in [0.717, 1.165) is 5.01 Å². The van der Waals surface area contributed by atoms with Crippen molar-refractivity contribution in [1.82, 2.24) is 10.4 Å². The number of ether oxygens (including phenoxy) is 1. The summed E-state index contributed by atoms with van der Waals surface area (Å²) < 4.78 is 5.06. The number of amides is 1. The molecular formula is C9H19N3O4. The van der Waals surface area contributed by atoms with E-state index in [-0.39, 0.29) is 19.6 Å². The van der Waals surface area contributed by atoms with Crippen LogP contribution in [0.2, 0.25) is 0 Å². The molecule has 94 valence electrons. The Bertz CT molecular complexity index is 250. The zero-order valence-corrected chi connectivity index (χ0v) is 9.82. The number of hydrogen-bond acceptors (Lipinski definition) is 5. The summed E-state index contributed by atoms with van der Waals surface area (Å²) in [5.41, 5.74) is 7.09. The molecule has 0 aromatic rings. The van der Waals surface area contributed by atoms with Gasteiger partial charge >= 0.3 is 12.1 Å². The summed E-state index contributed by atoms with van der Waals surface area (Å²) >= 11 is 0. The fourth-order valence-corrected chi connectivity index (χ4v) is 0.844. The first kappa shape index (κ1) is 14.7. The molecule has 0 heterocycles. The number of nitrogens with zero attached hydrogens (tertiary/aromatic N) is 1. The van der Waals surface area contributed by atoms with Gasteiger partial charge in [-0.25, -0.2) is 15.2 Å². The zero-order chi connectivity index (χ0) is 12.8.